The van der Waals surface area contributed by atoms with Crippen molar-refractivity contribution < 1.29 is 0 Å². The molecular formula is C14H13N3S. The van der Waals surface area contributed by atoms with Crippen molar-refractivity contribution in [3.8, 4) is 0 Å². The Labute approximate surface area is 110 Å². The van der Waals surface area contributed by atoms with Crippen LogP contribution in [0.3, 0.4) is 0 Å². The van der Waals surface area contributed by atoms with Crippen LogP contribution >= 0.6 is 11.8 Å². The molecule has 2 rings (SSSR count). The highest BCUT2D eigenvalue weighted by Crippen LogP contribution is 2.17. The highest BCUT2D eigenvalue weighted by Gasteiger charge is 1.96. The summed E-state index contributed by atoms with van der Waals surface area (Å²) < 4.78 is 0. The Morgan fingerprint density at radius 1 is 1.00 bits per heavy atom. The van der Waals surface area contributed by atoms with Gasteiger partial charge in [0.25, 0.3) is 0 Å². The summed E-state index contributed by atoms with van der Waals surface area (Å²) in [6.07, 6.45) is 1.50. The first-order valence-corrected chi connectivity index (χ1v) is 6.32. The molecule has 0 heterocycles. The number of hydrogen-bond acceptors (Lipinski definition) is 4. The van der Waals surface area contributed by atoms with Crippen LogP contribution in [0.4, 0.5) is 5.69 Å². The summed E-state index contributed by atoms with van der Waals surface area (Å²) in [7, 11) is 0. The monoisotopic (exact) mass is 255 g/mol. The van der Waals surface area contributed by atoms with Crippen LogP contribution in [0, 0.1) is 5.41 Å². The maximum Gasteiger partial charge on any atom is 0.112 e. The van der Waals surface area contributed by atoms with Crippen LogP contribution in [-0.4, -0.2) is 11.3 Å². The molecule has 18 heavy (non-hydrogen) atoms. The summed E-state index contributed by atoms with van der Waals surface area (Å²) in [5.74, 6) is 0. The number of rotatable bonds is 4. The normalized spacial score (nSPS) is 10.4. The van der Waals surface area contributed by atoms with Gasteiger partial charge in [-0.1, -0.05) is 48.2 Å². The van der Waals surface area contributed by atoms with Gasteiger partial charge in [-0.15, -0.1) is 0 Å². The summed E-state index contributed by atoms with van der Waals surface area (Å²) in [5, 5.41) is 12.2. The molecule has 0 atom stereocenters. The molecule has 3 nitrogen and oxygen atoms in total. The zero-order valence-electron chi connectivity index (χ0n) is 9.71. The third kappa shape index (κ3) is 4.07. The van der Waals surface area contributed by atoms with Crippen LogP contribution in [0.15, 0.2) is 70.7 Å². The van der Waals surface area contributed by atoms with E-state index in [9.17, 15) is 0 Å². The molecule has 0 aliphatic heterocycles. The standard InChI is InChI=1S/C14H13N3S/c15-14(18-13-9-5-2-6-10-13)11-16-17-12-7-3-1-4-8-12/h1-11,15,17H/b15-14?,16-11+. The molecule has 0 aromatic heterocycles. The molecule has 2 N–H and O–H groups in total. The molecule has 0 amide bonds. The smallest absolute Gasteiger partial charge is 0.112 e. The Hall–Kier alpha value is -2.07. The molecule has 2 aromatic carbocycles. The van der Waals surface area contributed by atoms with Gasteiger partial charge < -0.3 is 0 Å². The topological polar surface area (TPSA) is 48.2 Å². The summed E-state index contributed by atoms with van der Waals surface area (Å²) in [6, 6.07) is 19.5. The minimum Gasteiger partial charge on any atom is -0.292 e. The molecule has 0 unspecified atom stereocenters. The van der Waals surface area contributed by atoms with Gasteiger partial charge in [0.2, 0.25) is 0 Å². The number of hydrogen-bond donors (Lipinski definition) is 2. The zero-order chi connectivity index (χ0) is 12.6. The highest BCUT2D eigenvalue weighted by atomic mass is 32.2. The average Bonchev–Trinajstić information content (AvgIpc) is 2.41. The van der Waals surface area contributed by atoms with Crippen molar-refractivity contribution in [2.75, 3.05) is 5.43 Å². The van der Waals surface area contributed by atoms with Crippen molar-refractivity contribution in [2.45, 2.75) is 4.90 Å². The van der Waals surface area contributed by atoms with Gasteiger partial charge in [-0.05, 0) is 24.3 Å². The molecular weight excluding hydrogens is 242 g/mol. The predicted molar refractivity (Wildman–Crippen MR) is 78.6 cm³/mol. The molecule has 0 saturated carbocycles. The van der Waals surface area contributed by atoms with Crippen molar-refractivity contribution in [3.63, 3.8) is 0 Å². The summed E-state index contributed by atoms with van der Waals surface area (Å²) >= 11 is 1.37. The van der Waals surface area contributed by atoms with Crippen molar-refractivity contribution in [1.82, 2.24) is 0 Å². The largest absolute Gasteiger partial charge is 0.292 e. The Balaban J connectivity index is 1.85. The number of nitrogens with zero attached hydrogens (tertiary/aromatic N) is 1. The van der Waals surface area contributed by atoms with E-state index in [2.05, 4.69) is 10.5 Å². The first-order valence-electron chi connectivity index (χ1n) is 5.50. The van der Waals surface area contributed by atoms with Crippen LogP contribution in [0.1, 0.15) is 0 Å². The Bertz CT molecular complexity index is 523. The van der Waals surface area contributed by atoms with Gasteiger partial charge >= 0.3 is 0 Å². The van der Waals surface area contributed by atoms with E-state index in [1.165, 1.54) is 18.0 Å². The first-order chi connectivity index (χ1) is 8.84. The Morgan fingerprint density at radius 3 is 2.28 bits per heavy atom. The van der Waals surface area contributed by atoms with E-state index < -0.39 is 0 Å². The lowest BCUT2D eigenvalue weighted by Gasteiger charge is -2.00. The Morgan fingerprint density at radius 2 is 1.61 bits per heavy atom. The number of benzene rings is 2. The van der Waals surface area contributed by atoms with Gasteiger partial charge in [0.1, 0.15) is 5.04 Å². The summed E-state index contributed by atoms with van der Waals surface area (Å²) in [5.41, 5.74) is 3.79. The quantitative estimate of drug-likeness (QED) is 0.377. The Kier molecular flexibility index (Phi) is 4.55. The SMILES string of the molecule is N=C(/C=N/Nc1ccccc1)Sc1ccccc1. The summed E-state index contributed by atoms with van der Waals surface area (Å²) in [4.78, 5) is 1.04. The number of thioether (sulfide) groups is 1. The van der Waals surface area contributed by atoms with Crippen LogP contribution < -0.4 is 5.43 Å². The molecule has 0 fully saturated rings. The van der Waals surface area contributed by atoms with E-state index in [0.29, 0.717) is 5.04 Å². The molecule has 90 valence electrons. The van der Waals surface area contributed by atoms with Gasteiger partial charge in [-0.25, -0.2) is 0 Å². The molecule has 0 saturated heterocycles. The number of hydrazone groups is 1. The summed E-state index contributed by atoms with van der Waals surface area (Å²) in [6.45, 7) is 0. The molecule has 0 aliphatic rings. The van der Waals surface area contributed by atoms with Crippen molar-refractivity contribution in [2.24, 2.45) is 5.10 Å². The zero-order valence-corrected chi connectivity index (χ0v) is 10.5. The highest BCUT2D eigenvalue weighted by molar-refractivity contribution is 8.15. The number of anilines is 1. The minimum atomic E-state index is 0.393. The molecule has 0 radical (unpaired) electrons. The fraction of sp³-hybridized carbons (Fsp3) is 0. The second-order valence-corrected chi connectivity index (χ2v) is 4.63. The average molecular weight is 255 g/mol. The van der Waals surface area contributed by atoms with Crippen LogP contribution in [-0.2, 0) is 0 Å². The van der Waals surface area contributed by atoms with Crippen molar-refractivity contribution >= 4 is 28.7 Å². The van der Waals surface area contributed by atoms with Gasteiger partial charge in [0.05, 0.1) is 11.9 Å². The minimum absolute atomic E-state index is 0.393. The predicted octanol–water partition coefficient (Wildman–Crippen LogP) is 3.85. The van der Waals surface area contributed by atoms with E-state index in [-0.39, 0.29) is 0 Å². The molecule has 0 aliphatic carbocycles. The van der Waals surface area contributed by atoms with Gasteiger partial charge in [-0.3, -0.25) is 10.8 Å². The van der Waals surface area contributed by atoms with E-state index in [0.717, 1.165) is 10.6 Å². The van der Waals surface area contributed by atoms with E-state index in [1.54, 1.807) is 0 Å². The third-order valence-corrected chi connectivity index (χ3v) is 2.95. The lowest BCUT2D eigenvalue weighted by molar-refractivity contribution is 1.36. The van der Waals surface area contributed by atoms with Crippen LogP contribution in [0.5, 0.6) is 0 Å². The lowest BCUT2D eigenvalue weighted by Crippen LogP contribution is -1.95. The van der Waals surface area contributed by atoms with Crippen LogP contribution in [0.2, 0.25) is 0 Å². The van der Waals surface area contributed by atoms with Gasteiger partial charge in [-0.2, -0.15) is 5.10 Å². The molecule has 0 spiro atoms. The first kappa shape index (κ1) is 12.4. The fourth-order valence-corrected chi connectivity index (χ4v) is 1.97. The third-order valence-electron chi connectivity index (χ3n) is 2.12. The second kappa shape index (κ2) is 6.61. The number of para-hydroxylation sites is 1. The molecule has 2 aromatic rings. The maximum atomic E-state index is 7.77. The van der Waals surface area contributed by atoms with Crippen LogP contribution in [0.25, 0.3) is 0 Å². The van der Waals surface area contributed by atoms with E-state index >= 15 is 0 Å². The maximum absolute atomic E-state index is 7.77. The van der Waals surface area contributed by atoms with Gasteiger partial charge in [0, 0.05) is 4.90 Å². The lowest BCUT2D eigenvalue weighted by atomic mass is 10.3. The van der Waals surface area contributed by atoms with Gasteiger partial charge in [0.15, 0.2) is 0 Å². The number of nitrogens with one attached hydrogen (secondary N) is 2. The van der Waals surface area contributed by atoms with Crippen molar-refractivity contribution in [1.29, 1.82) is 5.41 Å². The molecule has 4 heteroatoms. The van der Waals surface area contributed by atoms with E-state index in [1.807, 2.05) is 60.7 Å². The van der Waals surface area contributed by atoms with Crippen molar-refractivity contribution in [3.05, 3.63) is 60.7 Å². The fourth-order valence-electron chi connectivity index (χ4n) is 1.32. The second-order valence-electron chi connectivity index (χ2n) is 3.52. The van der Waals surface area contributed by atoms with E-state index in [4.69, 9.17) is 5.41 Å². The molecule has 0 bridgehead atoms.